The van der Waals surface area contributed by atoms with Crippen LogP contribution in [0.1, 0.15) is 20.8 Å². The third-order valence-corrected chi connectivity index (χ3v) is 11.2. The molecule has 0 unspecified atom stereocenters. The summed E-state index contributed by atoms with van der Waals surface area (Å²) in [7, 11) is 0. The largest absolute Gasteiger partial charge is 1.00 e. The Morgan fingerprint density at radius 2 is 0.791 bits per heavy atom. The quantitative estimate of drug-likeness (QED) is 0.162. The predicted octanol–water partition coefficient (Wildman–Crippen LogP) is 15.1. The second-order valence-corrected chi connectivity index (χ2v) is 18.2. The molecule has 10 rings (SSSR count). The minimum Gasteiger partial charge on any atom is -0.850 e. The molecule has 10 aromatic rings. The minimum atomic E-state index is -0.750. The van der Waals surface area contributed by atoms with Gasteiger partial charge in [0.2, 0.25) is 0 Å². The molecule has 1 N–H and O–H groups in total. The van der Waals surface area contributed by atoms with Crippen molar-refractivity contribution in [3.8, 4) is 22.3 Å². The first-order chi connectivity index (χ1) is 32.0. The van der Waals surface area contributed by atoms with Crippen molar-refractivity contribution in [1.82, 2.24) is 0 Å². The Bertz CT molecular complexity index is 2990. The predicted molar refractivity (Wildman–Crippen MR) is 287 cm³/mol. The van der Waals surface area contributed by atoms with Gasteiger partial charge in [-0.25, -0.2) is 0 Å². The summed E-state index contributed by atoms with van der Waals surface area (Å²) in [4.78, 5) is 2.31. The van der Waals surface area contributed by atoms with Gasteiger partial charge in [0, 0.05) is 48.0 Å². The summed E-state index contributed by atoms with van der Waals surface area (Å²) in [5.41, 5.74) is 9.63. The Kier molecular flexibility index (Phi) is 18.9. The molecule has 7 heteroatoms. The van der Waals surface area contributed by atoms with Crippen LogP contribution in [0.5, 0.6) is 0 Å². The summed E-state index contributed by atoms with van der Waals surface area (Å²) in [6.45, 7) is 4.90. The van der Waals surface area contributed by atoms with Crippen molar-refractivity contribution < 1.29 is 34.7 Å². The molecule has 0 aromatic heterocycles. The van der Waals surface area contributed by atoms with Crippen LogP contribution in [0.15, 0.2) is 247 Å². The van der Waals surface area contributed by atoms with Crippen LogP contribution in [0, 0.1) is 0 Å². The van der Waals surface area contributed by atoms with E-state index >= 15 is 0 Å². The Morgan fingerprint density at radius 3 is 1.31 bits per heavy atom. The zero-order chi connectivity index (χ0) is 46.3. The van der Waals surface area contributed by atoms with Gasteiger partial charge in [-0.1, -0.05) is 218 Å². The molecule has 0 aliphatic carbocycles. The number of anilines is 5. The fourth-order valence-corrected chi connectivity index (χ4v) is 7.67. The molecule has 328 valence electrons. The van der Waals surface area contributed by atoms with E-state index in [1.54, 1.807) is 20.8 Å². The van der Waals surface area contributed by atoms with E-state index in [-0.39, 0.29) is 29.6 Å². The maximum atomic E-state index is 10.1. The van der Waals surface area contributed by atoms with Crippen molar-refractivity contribution in [3.05, 3.63) is 257 Å². The molecule has 0 spiro atoms. The minimum absolute atomic E-state index is 0. The fraction of sp³-hybridized carbons (Fsp3) is 0.0667. The van der Waals surface area contributed by atoms with Crippen LogP contribution in [-0.2, 0) is 0 Å². The Balaban J connectivity index is 0.000000169. The van der Waals surface area contributed by atoms with Gasteiger partial charge in [0.15, 0.2) is 0 Å². The molecule has 0 amide bonds. The number of hydrogen-bond acceptors (Lipinski definition) is 3. The number of nitrogens with zero attached hydrogens (tertiary/aromatic N) is 1. The topological polar surface area (TPSA) is 38.3 Å². The number of halogens is 3. The molecule has 10 aromatic carbocycles. The van der Waals surface area contributed by atoms with Gasteiger partial charge in [-0.3, -0.25) is 0 Å². The van der Waals surface area contributed by atoms with E-state index in [9.17, 15) is 5.11 Å². The van der Waals surface area contributed by atoms with Crippen LogP contribution in [0.2, 0.25) is 10.0 Å². The molecule has 67 heavy (non-hydrogen) atoms. The van der Waals surface area contributed by atoms with Crippen LogP contribution in [0.4, 0.5) is 28.4 Å². The van der Waals surface area contributed by atoms with Crippen molar-refractivity contribution in [2.45, 2.75) is 26.4 Å². The van der Waals surface area contributed by atoms with Crippen molar-refractivity contribution >= 4 is 89.1 Å². The maximum Gasteiger partial charge on any atom is 1.00 e. The van der Waals surface area contributed by atoms with E-state index in [1.165, 1.54) is 43.9 Å². The van der Waals surface area contributed by atoms with Crippen molar-refractivity contribution in [2.24, 2.45) is 0 Å². The first-order valence-corrected chi connectivity index (χ1v) is 23.2. The third kappa shape index (κ3) is 15.2. The normalized spacial score (nSPS) is 10.5. The molecular weight excluding hydrogens is 938 g/mol. The van der Waals surface area contributed by atoms with E-state index in [0.29, 0.717) is 0 Å². The molecule has 0 fully saturated rings. The van der Waals surface area contributed by atoms with Crippen LogP contribution >= 0.6 is 39.1 Å². The summed E-state index contributed by atoms with van der Waals surface area (Å²) >= 11 is 15.3. The van der Waals surface area contributed by atoms with Crippen molar-refractivity contribution in [2.75, 3.05) is 10.2 Å². The average molecular weight is 989 g/mol. The molecule has 0 heterocycles. The SMILES string of the molecule is CC(C)(C)[O-].Clc1ccc(-c2ccc(Br)cc2)cc1.Clc1ccc(-c2ccc(N(c3ccccc3)c3cccc4ccccc34)cc2)cc1.[Na+].c1ccc(Nc2cccc3ccccc23)cc1. The van der Waals surface area contributed by atoms with Crippen molar-refractivity contribution in [1.29, 1.82) is 0 Å². The second kappa shape index (κ2) is 24.9. The molecular formula is C60H50BrCl2N2NaO. The summed E-state index contributed by atoms with van der Waals surface area (Å²) < 4.78 is 1.09. The molecule has 0 saturated heterocycles. The van der Waals surface area contributed by atoms with E-state index in [2.05, 4.69) is 202 Å². The fourth-order valence-electron chi connectivity index (χ4n) is 7.15. The standard InChI is InChI=1S/C28H20ClN.C16H13N.C12H8BrCl.C4H9O.Na/c29-24-17-13-21(14-18-24)22-15-19-26(20-16-22)30(25-9-2-1-3-10-25)28-12-6-8-23-7-4-5-11-27(23)28;1-2-9-14(10-3-1)17-16-12-6-8-13-7-4-5-11-15(13)16;13-11-5-1-9(2-6-11)10-3-7-12(14)8-4-10;1-4(2,3)5;/h1-20H;1-12,17H;1-8H;1-3H3;/q;;;-1;+1. The van der Waals surface area contributed by atoms with Gasteiger partial charge in [0.25, 0.3) is 0 Å². The smallest absolute Gasteiger partial charge is 0.850 e. The van der Waals surface area contributed by atoms with Gasteiger partial charge in [0.1, 0.15) is 0 Å². The molecule has 3 nitrogen and oxygen atoms in total. The van der Waals surface area contributed by atoms with Crippen molar-refractivity contribution in [3.63, 3.8) is 0 Å². The number of rotatable bonds is 7. The van der Waals surface area contributed by atoms with Crippen LogP contribution < -0.4 is 44.9 Å². The number of nitrogens with one attached hydrogen (secondary N) is 1. The summed E-state index contributed by atoms with van der Waals surface area (Å²) in [6.07, 6.45) is 0. The van der Waals surface area contributed by atoms with Gasteiger partial charge >= 0.3 is 29.6 Å². The van der Waals surface area contributed by atoms with Crippen LogP contribution in [0.3, 0.4) is 0 Å². The van der Waals surface area contributed by atoms with E-state index in [4.69, 9.17) is 23.2 Å². The molecule has 0 radical (unpaired) electrons. The Morgan fingerprint density at radius 1 is 0.418 bits per heavy atom. The first-order valence-electron chi connectivity index (χ1n) is 21.7. The number of benzene rings is 10. The van der Waals surface area contributed by atoms with E-state index in [1.807, 2.05) is 66.7 Å². The Hall–Kier alpha value is -5.66. The molecule has 0 atom stereocenters. The van der Waals surface area contributed by atoms with Gasteiger partial charge in [-0.05, 0) is 118 Å². The van der Waals surface area contributed by atoms with E-state index in [0.717, 1.165) is 42.8 Å². The molecule has 0 aliphatic rings. The number of para-hydroxylation sites is 2. The zero-order valence-corrected chi connectivity index (χ0v) is 43.2. The van der Waals surface area contributed by atoms with Gasteiger partial charge in [-0.15, -0.1) is 5.60 Å². The molecule has 0 bridgehead atoms. The maximum absolute atomic E-state index is 10.1. The molecule has 0 aliphatic heterocycles. The first kappa shape index (κ1) is 50.7. The Labute approximate surface area is 436 Å². The van der Waals surface area contributed by atoms with Gasteiger partial charge in [-0.2, -0.15) is 0 Å². The molecule has 0 saturated carbocycles. The van der Waals surface area contributed by atoms with Gasteiger partial charge < -0.3 is 15.3 Å². The van der Waals surface area contributed by atoms with E-state index < -0.39 is 5.60 Å². The number of fused-ring (bicyclic) bond motifs is 2. The second-order valence-electron chi connectivity index (χ2n) is 16.4. The average Bonchev–Trinajstić information content (AvgIpc) is 3.34. The van der Waals surface area contributed by atoms with Gasteiger partial charge in [0.05, 0.1) is 5.69 Å². The third-order valence-electron chi connectivity index (χ3n) is 10.2. The monoisotopic (exact) mass is 986 g/mol. The van der Waals surface area contributed by atoms with Crippen LogP contribution in [0.25, 0.3) is 43.8 Å². The zero-order valence-electron chi connectivity index (χ0n) is 38.1. The van der Waals surface area contributed by atoms with Crippen LogP contribution in [-0.4, -0.2) is 5.60 Å². The summed E-state index contributed by atoms with van der Waals surface area (Å²) in [5, 5.41) is 20.0. The summed E-state index contributed by atoms with van der Waals surface area (Å²) in [6, 6.07) is 83.1. The number of hydrogen-bond donors (Lipinski definition) is 1. The summed E-state index contributed by atoms with van der Waals surface area (Å²) in [5.74, 6) is 0.